The lowest BCUT2D eigenvalue weighted by atomic mass is 10.1. The molecule has 0 heterocycles. The molecular weight excluding hydrogens is 300 g/mol. The zero-order valence-corrected chi connectivity index (χ0v) is 15.2. The minimum absolute atomic E-state index is 0.0240. The number of nitrogens with one attached hydrogen (secondary N) is 1. The Labute approximate surface area is 146 Å². The van der Waals surface area contributed by atoms with Gasteiger partial charge in [0.1, 0.15) is 5.75 Å². The van der Waals surface area contributed by atoms with Crippen molar-refractivity contribution in [1.82, 2.24) is 5.43 Å². The molecule has 4 heteroatoms. The summed E-state index contributed by atoms with van der Waals surface area (Å²) in [5.74, 6) is 0.721. The highest BCUT2D eigenvalue weighted by Crippen LogP contribution is 2.14. The molecule has 0 aliphatic carbocycles. The van der Waals surface area contributed by atoms with Crippen LogP contribution in [0.3, 0.4) is 0 Å². The van der Waals surface area contributed by atoms with Gasteiger partial charge in [-0.3, -0.25) is 4.79 Å². The third-order valence-electron chi connectivity index (χ3n) is 4.04. The topological polar surface area (TPSA) is 50.7 Å². The van der Waals surface area contributed by atoms with Crippen LogP contribution in [0.1, 0.15) is 76.7 Å². The summed E-state index contributed by atoms with van der Waals surface area (Å²) in [6, 6.07) is 7.58. The fraction of sp³-hybridized carbons (Fsp3) is 0.600. The van der Waals surface area contributed by atoms with Gasteiger partial charge in [-0.15, -0.1) is 0 Å². The first kappa shape index (κ1) is 20.2. The van der Waals surface area contributed by atoms with Crippen LogP contribution < -0.4 is 10.2 Å². The molecule has 24 heavy (non-hydrogen) atoms. The monoisotopic (exact) mass is 332 g/mol. The van der Waals surface area contributed by atoms with Crippen molar-refractivity contribution < 1.29 is 9.53 Å². The number of carbonyl (C=O) groups excluding carboxylic acids is 1. The van der Waals surface area contributed by atoms with E-state index in [1.807, 2.05) is 24.3 Å². The van der Waals surface area contributed by atoms with Gasteiger partial charge >= 0.3 is 0 Å². The normalized spacial score (nSPS) is 10.9. The van der Waals surface area contributed by atoms with Gasteiger partial charge in [0.15, 0.2) is 0 Å². The van der Waals surface area contributed by atoms with Gasteiger partial charge < -0.3 is 4.74 Å². The molecule has 0 atom stereocenters. The first-order valence-electron chi connectivity index (χ1n) is 9.22. The summed E-state index contributed by atoms with van der Waals surface area (Å²) in [5, 5.41) is 4.00. The van der Waals surface area contributed by atoms with Crippen LogP contribution in [0, 0.1) is 0 Å². The number of unbranched alkanes of at least 4 members (excludes halogenated alkanes) is 8. The van der Waals surface area contributed by atoms with Crippen LogP contribution >= 0.6 is 0 Å². The van der Waals surface area contributed by atoms with Crippen LogP contribution in [0.5, 0.6) is 5.75 Å². The molecule has 0 saturated carbocycles. The average molecular weight is 332 g/mol. The van der Waals surface area contributed by atoms with Gasteiger partial charge in [-0.05, 0) is 18.6 Å². The Morgan fingerprint density at radius 1 is 1.04 bits per heavy atom. The number of methoxy groups -OCH3 is 1. The zero-order chi connectivity index (χ0) is 17.5. The first-order chi connectivity index (χ1) is 11.8. The van der Waals surface area contributed by atoms with Crippen molar-refractivity contribution in [1.29, 1.82) is 0 Å². The van der Waals surface area contributed by atoms with Gasteiger partial charge in [0.25, 0.3) is 0 Å². The van der Waals surface area contributed by atoms with Gasteiger partial charge in [-0.2, -0.15) is 5.10 Å². The van der Waals surface area contributed by atoms with Crippen molar-refractivity contribution in [3.63, 3.8) is 0 Å². The molecule has 0 unspecified atom stereocenters. The molecule has 0 fully saturated rings. The average Bonchev–Trinajstić information content (AvgIpc) is 2.60. The maximum Gasteiger partial charge on any atom is 0.240 e. The fourth-order valence-electron chi connectivity index (χ4n) is 2.60. The lowest BCUT2D eigenvalue weighted by molar-refractivity contribution is -0.121. The number of carbonyl (C=O) groups is 1. The molecule has 1 rings (SSSR count). The second kappa shape index (κ2) is 13.6. The van der Waals surface area contributed by atoms with E-state index in [2.05, 4.69) is 17.5 Å². The molecule has 0 aliphatic rings. The van der Waals surface area contributed by atoms with Crippen molar-refractivity contribution in [2.45, 2.75) is 71.1 Å². The largest absolute Gasteiger partial charge is 0.496 e. The van der Waals surface area contributed by atoms with E-state index in [0.29, 0.717) is 6.42 Å². The van der Waals surface area contributed by atoms with Crippen LogP contribution in [-0.2, 0) is 4.79 Å². The molecule has 0 aromatic heterocycles. The predicted octanol–water partition coefficient (Wildman–Crippen LogP) is 5.07. The van der Waals surface area contributed by atoms with Crippen LogP contribution in [0.15, 0.2) is 29.4 Å². The first-order valence-corrected chi connectivity index (χ1v) is 9.22. The maximum absolute atomic E-state index is 11.7. The van der Waals surface area contributed by atoms with Gasteiger partial charge in [-0.1, -0.05) is 70.4 Å². The summed E-state index contributed by atoms with van der Waals surface area (Å²) >= 11 is 0. The molecule has 4 nitrogen and oxygen atoms in total. The molecule has 1 amide bonds. The lowest BCUT2D eigenvalue weighted by Gasteiger charge is -2.03. The SMILES string of the molecule is CCCCCCCCCCCC(=O)N/N=C\c1ccccc1OC. The third-order valence-corrected chi connectivity index (χ3v) is 4.04. The number of benzene rings is 1. The van der Waals surface area contributed by atoms with E-state index in [1.165, 1.54) is 44.9 Å². The Balaban J connectivity index is 2.07. The maximum atomic E-state index is 11.7. The highest BCUT2D eigenvalue weighted by Gasteiger charge is 2.01. The highest BCUT2D eigenvalue weighted by atomic mass is 16.5. The van der Waals surface area contributed by atoms with Crippen LogP contribution in [0.2, 0.25) is 0 Å². The van der Waals surface area contributed by atoms with Gasteiger partial charge in [-0.25, -0.2) is 5.43 Å². The number of hydrogen-bond donors (Lipinski definition) is 1. The summed E-state index contributed by atoms with van der Waals surface area (Å²) in [5.41, 5.74) is 3.43. The molecular formula is C20H32N2O2. The van der Waals surface area contributed by atoms with Crippen molar-refractivity contribution in [3.05, 3.63) is 29.8 Å². The zero-order valence-electron chi connectivity index (χ0n) is 15.2. The minimum Gasteiger partial charge on any atom is -0.496 e. The van der Waals surface area contributed by atoms with Crippen molar-refractivity contribution in [3.8, 4) is 5.75 Å². The van der Waals surface area contributed by atoms with E-state index in [9.17, 15) is 4.79 Å². The van der Waals surface area contributed by atoms with E-state index in [-0.39, 0.29) is 5.91 Å². The smallest absolute Gasteiger partial charge is 0.240 e. The Bertz CT molecular complexity index is 486. The van der Waals surface area contributed by atoms with Crippen molar-refractivity contribution in [2.24, 2.45) is 5.10 Å². The highest BCUT2D eigenvalue weighted by molar-refractivity contribution is 5.85. The third kappa shape index (κ3) is 9.33. The molecule has 1 aromatic rings. The summed E-state index contributed by atoms with van der Waals surface area (Å²) in [7, 11) is 1.62. The van der Waals surface area contributed by atoms with Crippen LogP contribution in [0.25, 0.3) is 0 Å². The van der Waals surface area contributed by atoms with E-state index in [0.717, 1.165) is 24.2 Å². The molecule has 0 aliphatic heterocycles. The van der Waals surface area contributed by atoms with Crippen LogP contribution in [0.4, 0.5) is 0 Å². The second-order valence-corrected chi connectivity index (χ2v) is 6.11. The molecule has 1 N–H and O–H groups in total. The summed E-state index contributed by atoms with van der Waals surface area (Å²) < 4.78 is 5.23. The van der Waals surface area contributed by atoms with E-state index >= 15 is 0 Å². The predicted molar refractivity (Wildman–Crippen MR) is 101 cm³/mol. The van der Waals surface area contributed by atoms with E-state index in [1.54, 1.807) is 13.3 Å². The number of hydrazone groups is 1. The molecule has 134 valence electrons. The van der Waals surface area contributed by atoms with Crippen molar-refractivity contribution >= 4 is 12.1 Å². The quantitative estimate of drug-likeness (QED) is 0.311. The Kier molecular flexibility index (Phi) is 11.4. The van der Waals surface area contributed by atoms with Gasteiger partial charge in [0.2, 0.25) is 5.91 Å². The summed E-state index contributed by atoms with van der Waals surface area (Å²) in [4.78, 5) is 11.7. The Morgan fingerprint density at radius 3 is 2.33 bits per heavy atom. The number of rotatable bonds is 13. The fourth-order valence-corrected chi connectivity index (χ4v) is 2.60. The number of hydrogen-bond acceptors (Lipinski definition) is 3. The molecule has 0 bridgehead atoms. The van der Waals surface area contributed by atoms with Crippen LogP contribution in [-0.4, -0.2) is 19.2 Å². The Hall–Kier alpha value is -1.84. The lowest BCUT2D eigenvalue weighted by Crippen LogP contribution is -2.16. The summed E-state index contributed by atoms with van der Waals surface area (Å²) in [6.07, 6.45) is 13.4. The molecule has 1 aromatic carbocycles. The number of nitrogens with zero attached hydrogens (tertiary/aromatic N) is 1. The molecule has 0 radical (unpaired) electrons. The van der Waals surface area contributed by atoms with E-state index < -0.39 is 0 Å². The molecule has 0 saturated heterocycles. The van der Waals surface area contributed by atoms with Gasteiger partial charge in [0.05, 0.1) is 13.3 Å². The standard InChI is InChI=1S/C20H32N2O2/c1-3-4-5-6-7-8-9-10-11-16-20(23)22-21-17-18-14-12-13-15-19(18)24-2/h12-15,17H,3-11,16H2,1-2H3,(H,22,23)/b21-17-. The van der Waals surface area contributed by atoms with E-state index in [4.69, 9.17) is 4.74 Å². The summed E-state index contributed by atoms with van der Waals surface area (Å²) in [6.45, 7) is 2.24. The Morgan fingerprint density at radius 2 is 1.67 bits per heavy atom. The number of ether oxygens (including phenoxy) is 1. The number of para-hydroxylation sites is 1. The number of amides is 1. The second-order valence-electron chi connectivity index (χ2n) is 6.11. The van der Waals surface area contributed by atoms with Gasteiger partial charge in [0, 0.05) is 12.0 Å². The molecule has 0 spiro atoms. The minimum atomic E-state index is -0.0240. The van der Waals surface area contributed by atoms with Crippen molar-refractivity contribution in [2.75, 3.05) is 7.11 Å².